The third-order valence-corrected chi connectivity index (χ3v) is 3.93. The van der Waals surface area contributed by atoms with Crippen molar-refractivity contribution in [3.05, 3.63) is 54.4 Å². The van der Waals surface area contributed by atoms with Crippen LogP contribution >= 0.6 is 0 Å². The molecule has 0 radical (unpaired) electrons. The summed E-state index contributed by atoms with van der Waals surface area (Å²) in [7, 11) is 0. The number of nitrogens with one attached hydrogen (secondary N) is 2. The lowest BCUT2D eigenvalue weighted by Gasteiger charge is -2.20. The van der Waals surface area contributed by atoms with Crippen molar-refractivity contribution >= 4 is 18.1 Å². The Balaban J connectivity index is 1.87. The highest BCUT2D eigenvalue weighted by molar-refractivity contribution is 5.91. The van der Waals surface area contributed by atoms with E-state index >= 15 is 0 Å². The van der Waals surface area contributed by atoms with Crippen molar-refractivity contribution in [1.82, 2.24) is 20.4 Å². The smallest absolute Gasteiger partial charge is 0.407 e. The van der Waals surface area contributed by atoms with E-state index in [0.717, 1.165) is 17.7 Å². The quantitative estimate of drug-likeness (QED) is 0.651. The Morgan fingerprint density at radius 1 is 1.25 bits per heavy atom. The van der Waals surface area contributed by atoms with E-state index in [1.165, 1.54) is 6.08 Å². The Hall–Kier alpha value is -3.09. The topological polar surface area (TPSA) is 85.2 Å². The first-order valence-electron chi connectivity index (χ1n) is 9.47. The zero-order valence-corrected chi connectivity index (χ0v) is 16.6. The van der Waals surface area contributed by atoms with Gasteiger partial charge in [-0.05, 0) is 37.5 Å². The minimum Gasteiger partial charge on any atom is -0.450 e. The largest absolute Gasteiger partial charge is 0.450 e. The van der Waals surface area contributed by atoms with E-state index in [4.69, 9.17) is 4.74 Å². The number of alkyl carbamates (subject to hydrolysis) is 1. The van der Waals surface area contributed by atoms with Gasteiger partial charge in [0.15, 0.2) is 0 Å². The van der Waals surface area contributed by atoms with Gasteiger partial charge in [-0.2, -0.15) is 5.10 Å². The second kappa shape index (κ2) is 10.9. The summed E-state index contributed by atoms with van der Waals surface area (Å²) in [5.74, 6) is 0.148. The zero-order valence-electron chi connectivity index (χ0n) is 16.6. The molecule has 0 aliphatic heterocycles. The number of amides is 2. The highest BCUT2D eigenvalue weighted by Gasteiger charge is 2.15. The van der Waals surface area contributed by atoms with Crippen LogP contribution in [-0.2, 0) is 9.53 Å². The number of carbonyl (C=O) groups excluding carboxylic acids is 2. The third kappa shape index (κ3) is 7.26. The van der Waals surface area contributed by atoms with Gasteiger partial charge in [0, 0.05) is 30.4 Å². The molecule has 7 heteroatoms. The Kier molecular flexibility index (Phi) is 8.27. The van der Waals surface area contributed by atoms with E-state index in [9.17, 15) is 9.59 Å². The number of ether oxygens (including phenoxy) is 1. The standard InChI is InChI=1S/C21H28N4O3/c1-4-28-21(27)24-18(12-16(2)3)14-22-20(26)11-10-17-13-23-25(15-17)19-8-6-5-7-9-19/h5-11,13,15-16,18H,4,12,14H2,1-3H3,(H,22,26)(H,24,27)/b11-10+. The molecule has 1 aromatic heterocycles. The molecule has 2 N–H and O–H groups in total. The average Bonchev–Trinajstić information content (AvgIpc) is 3.14. The second-order valence-electron chi connectivity index (χ2n) is 6.82. The monoisotopic (exact) mass is 384 g/mol. The van der Waals surface area contributed by atoms with Gasteiger partial charge in [-0.25, -0.2) is 9.48 Å². The van der Waals surface area contributed by atoms with E-state index in [1.807, 2.05) is 36.5 Å². The van der Waals surface area contributed by atoms with Crippen molar-refractivity contribution in [3.8, 4) is 5.69 Å². The maximum absolute atomic E-state index is 12.1. The summed E-state index contributed by atoms with van der Waals surface area (Å²) in [4.78, 5) is 23.8. The summed E-state index contributed by atoms with van der Waals surface area (Å²) < 4.78 is 6.67. The third-order valence-electron chi connectivity index (χ3n) is 3.93. The maximum Gasteiger partial charge on any atom is 0.407 e. The molecule has 1 aromatic carbocycles. The fraction of sp³-hybridized carbons (Fsp3) is 0.381. The predicted molar refractivity (Wildman–Crippen MR) is 109 cm³/mol. The molecule has 2 rings (SSSR count). The summed E-state index contributed by atoms with van der Waals surface area (Å²) >= 11 is 0. The molecule has 0 bridgehead atoms. The number of carbonyl (C=O) groups is 2. The van der Waals surface area contributed by atoms with Gasteiger partial charge in [-0.15, -0.1) is 0 Å². The molecule has 150 valence electrons. The lowest BCUT2D eigenvalue weighted by atomic mass is 10.0. The van der Waals surface area contributed by atoms with Crippen LogP contribution in [-0.4, -0.2) is 41.0 Å². The van der Waals surface area contributed by atoms with Crippen molar-refractivity contribution < 1.29 is 14.3 Å². The first-order chi connectivity index (χ1) is 13.5. The minimum absolute atomic E-state index is 0.183. The van der Waals surface area contributed by atoms with Gasteiger partial charge >= 0.3 is 6.09 Å². The molecule has 0 aliphatic rings. The summed E-state index contributed by atoms with van der Waals surface area (Å²) in [6.07, 6.45) is 6.99. The van der Waals surface area contributed by atoms with Crippen LogP contribution in [0.3, 0.4) is 0 Å². The molecule has 2 amide bonds. The number of para-hydroxylation sites is 1. The van der Waals surface area contributed by atoms with Crippen molar-refractivity contribution in [2.45, 2.75) is 33.2 Å². The van der Waals surface area contributed by atoms with Crippen LogP contribution in [0.5, 0.6) is 0 Å². The van der Waals surface area contributed by atoms with E-state index in [2.05, 4.69) is 29.6 Å². The van der Waals surface area contributed by atoms with Gasteiger partial charge in [-0.1, -0.05) is 32.0 Å². The van der Waals surface area contributed by atoms with Gasteiger partial charge in [-0.3, -0.25) is 4.79 Å². The summed E-state index contributed by atoms with van der Waals surface area (Å²) in [5, 5.41) is 9.90. The van der Waals surface area contributed by atoms with Gasteiger partial charge < -0.3 is 15.4 Å². The SMILES string of the molecule is CCOC(=O)NC(CNC(=O)/C=C/c1cnn(-c2ccccc2)c1)CC(C)C. The fourth-order valence-corrected chi connectivity index (χ4v) is 2.70. The molecular formula is C21H28N4O3. The molecule has 28 heavy (non-hydrogen) atoms. The lowest BCUT2D eigenvalue weighted by Crippen LogP contribution is -2.44. The van der Waals surface area contributed by atoms with Crippen LogP contribution < -0.4 is 10.6 Å². The first kappa shape index (κ1) is 21.2. The molecule has 0 spiro atoms. The Morgan fingerprint density at radius 3 is 2.68 bits per heavy atom. The highest BCUT2D eigenvalue weighted by Crippen LogP contribution is 2.09. The Labute approximate surface area is 165 Å². The van der Waals surface area contributed by atoms with Gasteiger partial charge in [0.2, 0.25) is 5.91 Å². The second-order valence-corrected chi connectivity index (χ2v) is 6.82. The number of rotatable bonds is 9. The molecule has 0 saturated heterocycles. The van der Waals surface area contributed by atoms with Crippen LogP contribution in [0.25, 0.3) is 11.8 Å². The summed E-state index contributed by atoms with van der Waals surface area (Å²) in [6.45, 7) is 6.52. The predicted octanol–water partition coefficient (Wildman–Crippen LogP) is 3.16. The van der Waals surface area contributed by atoms with E-state index in [-0.39, 0.29) is 11.9 Å². The highest BCUT2D eigenvalue weighted by atomic mass is 16.5. The van der Waals surface area contributed by atoms with Crippen LogP contribution in [0, 0.1) is 5.92 Å². The van der Waals surface area contributed by atoms with Crippen molar-refractivity contribution in [2.75, 3.05) is 13.2 Å². The van der Waals surface area contributed by atoms with Crippen molar-refractivity contribution in [3.63, 3.8) is 0 Å². The first-order valence-corrected chi connectivity index (χ1v) is 9.47. The molecular weight excluding hydrogens is 356 g/mol. The fourth-order valence-electron chi connectivity index (χ4n) is 2.70. The normalized spacial score (nSPS) is 12.1. The van der Waals surface area contributed by atoms with E-state index in [0.29, 0.717) is 19.1 Å². The number of nitrogens with zero attached hydrogens (tertiary/aromatic N) is 2. The lowest BCUT2D eigenvalue weighted by molar-refractivity contribution is -0.116. The maximum atomic E-state index is 12.1. The van der Waals surface area contributed by atoms with E-state index in [1.54, 1.807) is 23.9 Å². The molecule has 0 saturated carbocycles. The molecule has 0 fully saturated rings. The van der Waals surface area contributed by atoms with Crippen molar-refractivity contribution in [2.24, 2.45) is 5.92 Å². The number of hydrogen-bond donors (Lipinski definition) is 2. The Morgan fingerprint density at radius 2 is 2.00 bits per heavy atom. The van der Waals surface area contributed by atoms with Crippen molar-refractivity contribution in [1.29, 1.82) is 0 Å². The van der Waals surface area contributed by atoms with Crippen LogP contribution in [0.1, 0.15) is 32.8 Å². The zero-order chi connectivity index (χ0) is 20.4. The van der Waals surface area contributed by atoms with Crippen LogP contribution in [0.2, 0.25) is 0 Å². The number of hydrogen-bond acceptors (Lipinski definition) is 4. The average molecular weight is 384 g/mol. The van der Waals surface area contributed by atoms with Gasteiger partial charge in [0.1, 0.15) is 0 Å². The minimum atomic E-state index is -0.466. The summed E-state index contributed by atoms with van der Waals surface area (Å²) in [5.41, 5.74) is 1.77. The summed E-state index contributed by atoms with van der Waals surface area (Å²) in [6, 6.07) is 9.56. The molecule has 1 atom stereocenters. The van der Waals surface area contributed by atoms with E-state index < -0.39 is 6.09 Å². The molecule has 7 nitrogen and oxygen atoms in total. The number of benzene rings is 1. The molecule has 1 heterocycles. The number of aromatic nitrogens is 2. The molecule has 0 aliphatic carbocycles. The molecule has 2 aromatic rings. The van der Waals surface area contributed by atoms with Gasteiger partial charge in [0.05, 0.1) is 18.5 Å². The van der Waals surface area contributed by atoms with Gasteiger partial charge in [0.25, 0.3) is 0 Å². The van der Waals surface area contributed by atoms with Crippen LogP contribution in [0.15, 0.2) is 48.8 Å². The Bertz CT molecular complexity index is 784. The van der Waals surface area contributed by atoms with Crippen LogP contribution in [0.4, 0.5) is 4.79 Å². The molecule has 1 unspecified atom stereocenters.